The Labute approximate surface area is 118 Å². The second-order valence-electron chi connectivity index (χ2n) is 4.46. The van der Waals surface area contributed by atoms with Crippen molar-refractivity contribution >= 4 is 33.0 Å². The summed E-state index contributed by atoms with van der Waals surface area (Å²) in [6, 6.07) is 5.73. The van der Waals surface area contributed by atoms with E-state index in [-0.39, 0.29) is 6.04 Å². The van der Waals surface area contributed by atoms with Gasteiger partial charge in [0, 0.05) is 10.7 Å². The molecule has 5 nitrogen and oxygen atoms in total. The first kappa shape index (κ1) is 12.2. The Kier molecular flexibility index (Phi) is 2.82. The fraction of sp³-hybridized carbons (Fsp3) is 0.231. The summed E-state index contributed by atoms with van der Waals surface area (Å²) in [6.45, 7) is 3.93. The van der Waals surface area contributed by atoms with Gasteiger partial charge in [0.25, 0.3) is 0 Å². The molecule has 0 fully saturated rings. The highest BCUT2D eigenvalue weighted by Crippen LogP contribution is 2.28. The normalized spacial score (nSPS) is 13.0. The van der Waals surface area contributed by atoms with Crippen LogP contribution in [0, 0.1) is 6.92 Å². The number of halogens is 1. The lowest BCUT2D eigenvalue weighted by atomic mass is 10.2. The molecule has 0 bridgehead atoms. The zero-order valence-corrected chi connectivity index (χ0v) is 12.2. The van der Waals surface area contributed by atoms with Crippen LogP contribution in [-0.4, -0.2) is 14.5 Å². The molecule has 0 amide bonds. The van der Waals surface area contributed by atoms with Crippen molar-refractivity contribution in [3.8, 4) is 0 Å². The Hall–Kier alpha value is -1.82. The van der Waals surface area contributed by atoms with Gasteiger partial charge in [-0.05, 0) is 48.0 Å². The minimum atomic E-state index is -0.0487. The van der Waals surface area contributed by atoms with Gasteiger partial charge in [-0.1, -0.05) is 0 Å². The Balaban J connectivity index is 2.16. The number of nitrogen functional groups attached to an aromatic ring is 1. The standard InChI is InChI=1S/C13H13BrN4O/c1-7-3-4-11(19-7)8(2)18-12-10(17-13(18)15)5-9(14)6-16-12/h3-6,8H,1-2H3,(H2,15,17). The molecule has 3 rings (SSSR count). The third-order valence-electron chi connectivity index (χ3n) is 3.08. The quantitative estimate of drug-likeness (QED) is 0.786. The molecule has 0 aliphatic carbocycles. The number of hydrogen-bond acceptors (Lipinski definition) is 4. The molecule has 1 unspecified atom stereocenters. The van der Waals surface area contributed by atoms with Crippen LogP contribution in [0.3, 0.4) is 0 Å². The van der Waals surface area contributed by atoms with E-state index in [1.165, 1.54) is 0 Å². The first-order chi connectivity index (χ1) is 9.06. The van der Waals surface area contributed by atoms with Gasteiger partial charge in [-0.3, -0.25) is 4.57 Å². The third-order valence-corrected chi connectivity index (χ3v) is 3.52. The number of fused-ring (bicyclic) bond motifs is 1. The van der Waals surface area contributed by atoms with E-state index in [4.69, 9.17) is 10.2 Å². The van der Waals surface area contributed by atoms with E-state index in [1.54, 1.807) is 6.20 Å². The SMILES string of the molecule is Cc1ccc(C(C)n2c(N)nc3cc(Br)cnc32)o1. The minimum absolute atomic E-state index is 0.0487. The Morgan fingerprint density at radius 1 is 1.42 bits per heavy atom. The predicted molar refractivity (Wildman–Crippen MR) is 76.9 cm³/mol. The summed E-state index contributed by atoms with van der Waals surface area (Å²) in [5, 5.41) is 0. The maximum absolute atomic E-state index is 6.00. The molecule has 98 valence electrons. The van der Waals surface area contributed by atoms with Gasteiger partial charge in [-0.2, -0.15) is 0 Å². The largest absolute Gasteiger partial charge is 0.464 e. The Bertz CT molecular complexity index is 746. The van der Waals surface area contributed by atoms with Crippen LogP contribution in [-0.2, 0) is 0 Å². The third kappa shape index (κ3) is 2.02. The van der Waals surface area contributed by atoms with Crippen molar-refractivity contribution in [2.24, 2.45) is 0 Å². The molecule has 0 saturated heterocycles. The fourth-order valence-electron chi connectivity index (χ4n) is 2.16. The Morgan fingerprint density at radius 3 is 2.89 bits per heavy atom. The molecule has 0 radical (unpaired) electrons. The number of aromatic nitrogens is 3. The van der Waals surface area contributed by atoms with E-state index >= 15 is 0 Å². The van der Waals surface area contributed by atoms with Gasteiger partial charge in [0.1, 0.15) is 17.0 Å². The summed E-state index contributed by atoms with van der Waals surface area (Å²) in [5.74, 6) is 2.15. The summed E-state index contributed by atoms with van der Waals surface area (Å²) in [5.41, 5.74) is 7.52. The Morgan fingerprint density at radius 2 is 2.21 bits per heavy atom. The zero-order valence-electron chi connectivity index (χ0n) is 10.6. The molecule has 3 aromatic rings. The molecule has 6 heteroatoms. The minimum Gasteiger partial charge on any atom is -0.464 e. The lowest BCUT2D eigenvalue weighted by molar-refractivity contribution is 0.434. The first-order valence-corrected chi connectivity index (χ1v) is 6.71. The van der Waals surface area contributed by atoms with Crippen LogP contribution in [0.25, 0.3) is 11.2 Å². The number of pyridine rings is 1. The van der Waals surface area contributed by atoms with Gasteiger partial charge in [0.2, 0.25) is 5.95 Å². The maximum atomic E-state index is 6.00. The molecule has 0 aliphatic heterocycles. The highest BCUT2D eigenvalue weighted by atomic mass is 79.9. The zero-order chi connectivity index (χ0) is 13.6. The number of aryl methyl sites for hydroxylation is 1. The van der Waals surface area contributed by atoms with Crippen molar-refractivity contribution < 1.29 is 4.42 Å². The van der Waals surface area contributed by atoms with Gasteiger partial charge in [0.15, 0.2) is 5.65 Å². The van der Waals surface area contributed by atoms with E-state index < -0.39 is 0 Å². The van der Waals surface area contributed by atoms with E-state index in [9.17, 15) is 0 Å². The molecule has 1 atom stereocenters. The average Bonchev–Trinajstić information content (AvgIpc) is 2.91. The van der Waals surface area contributed by atoms with Gasteiger partial charge >= 0.3 is 0 Å². The smallest absolute Gasteiger partial charge is 0.203 e. The highest BCUT2D eigenvalue weighted by molar-refractivity contribution is 9.10. The van der Waals surface area contributed by atoms with Crippen LogP contribution < -0.4 is 5.73 Å². The van der Waals surface area contributed by atoms with Crippen molar-refractivity contribution in [3.05, 3.63) is 40.4 Å². The molecular weight excluding hydrogens is 308 g/mol. The predicted octanol–water partition coefficient (Wildman–Crippen LogP) is 3.29. The van der Waals surface area contributed by atoms with Crippen LogP contribution in [0.4, 0.5) is 5.95 Å². The number of imidazole rings is 1. The van der Waals surface area contributed by atoms with Crippen LogP contribution in [0.2, 0.25) is 0 Å². The molecule has 0 aliphatic rings. The topological polar surface area (TPSA) is 69.9 Å². The first-order valence-electron chi connectivity index (χ1n) is 5.91. The highest BCUT2D eigenvalue weighted by Gasteiger charge is 2.19. The van der Waals surface area contributed by atoms with Gasteiger partial charge in [-0.15, -0.1) is 0 Å². The number of hydrogen-bond donors (Lipinski definition) is 1. The molecule has 2 N–H and O–H groups in total. The molecule has 19 heavy (non-hydrogen) atoms. The number of furan rings is 1. The number of anilines is 1. The van der Waals surface area contributed by atoms with Crippen molar-refractivity contribution in [2.45, 2.75) is 19.9 Å². The van der Waals surface area contributed by atoms with E-state index in [0.29, 0.717) is 5.95 Å². The lowest BCUT2D eigenvalue weighted by Crippen LogP contribution is -2.10. The number of nitrogens with two attached hydrogens (primary N) is 1. The van der Waals surface area contributed by atoms with Crippen LogP contribution >= 0.6 is 15.9 Å². The molecule has 0 saturated carbocycles. The molecule has 0 spiro atoms. The molecule has 0 aromatic carbocycles. The van der Waals surface area contributed by atoms with E-state index in [0.717, 1.165) is 27.2 Å². The van der Waals surface area contributed by atoms with Crippen molar-refractivity contribution in [3.63, 3.8) is 0 Å². The number of nitrogens with zero attached hydrogens (tertiary/aromatic N) is 3. The fourth-order valence-corrected chi connectivity index (χ4v) is 2.48. The molecule has 3 heterocycles. The summed E-state index contributed by atoms with van der Waals surface area (Å²) >= 11 is 3.38. The maximum Gasteiger partial charge on any atom is 0.203 e. The summed E-state index contributed by atoms with van der Waals surface area (Å²) in [4.78, 5) is 8.72. The van der Waals surface area contributed by atoms with Crippen LogP contribution in [0.15, 0.2) is 33.3 Å². The lowest BCUT2D eigenvalue weighted by Gasteiger charge is -2.12. The van der Waals surface area contributed by atoms with Gasteiger partial charge in [0.05, 0.1) is 6.04 Å². The van der Waals surface area contributed by atoms with E-state index in [1.807, 2.05) is 36.6 Å². The van der Waals surface area contributed by atoms with Gasteiger partial charge in [-0.25, -0.2) is 9.97 Å². The van der Waals surface area contributed by atoms with Crippen LogP contribution in [0.5, 0.6) is 0 Å². The van der Waals surface area contributed by atoms with Crippen molar-refractivity contribution in [1.29, 1.82) is 0 Å². The van der Waals surface area contributed by atoms with Crippen molar-refractivity contribution in [2.75, 3.05) is 5.73 Å². The average molecular weight is 321 g/mol. The summed E-state index contributed by atoms with van der Waals surface area (Å²) in [7, 11) is 0. The summed E-state index contributed by atoms with van der Waals surface area (Å²) in [6.07, 6.45) is 1.74. The molecular formula is C13H13BrN4O. The summed E-state index contributed by atoms with van der Waals surface area (Å²) < 4.78 is 8.41. The number of rotatable bonds is 2. The second-order valence-corrected chi connectivity index (χ2v) is 5.38. The van der Waals surface area contributed by atoms with Crippen molar-refractivity contribution in [1.82, 2.24) is 14.5 Å². The monoisotopic (exact) mass is 320 g/mol. The van der Waals surface area contributed by atoms with Crippen LogP contribution in [0.1, 0.15) is 24.5 Å². The van der Waals surface area contributed by atoms with Gasteiger partial charge < -0.3 is 10.2 Å². The van der Waals surface area contributed by atoms with E-state index in [2.05, 4.69) is 25.9 Å². The molecule has 3 aromatic heterocycles. The second kappa shape index (κ2) is 4.38.